The number of rotatable bonds is 8. The molecule has 10 heteroatoms. The van der Waals surface area contributed by atoms with Crippen LogP contribution in [-0.4, -0.2) is 50.8 Å². The summed E-state index contributed by atoms with van der Waals surface area (Å²) in [5.74, 6) is -1.96. The number of H-pyrrole nitrogens is 1. The second-order valence-corrected chi connectivity index (χ2v) is 5.34. The molecule has 1 aromatic heterocycles. The molecular formula is C17H22N4O6. The average Bonchev–Trinajstić information content (AvgIpc) is 3.14. The molecule has 0 aliphatic rings. The highest BCUT2D eigenvalue weighted by molar-refractivity contribution is 5.73. The summed E-state index contributed by atoms with van der Waals surface area (Å²) in [6, 6.07) is 8.38. The van der Waals surface area contributed by atoms with Crippen molar-refractivity contribution >= 4 is 18.0 Å². The van der Waals surface area contributed by atoms with Crippen molar-refractivity contribution in [3.05, 3.63) is 54.1 Å². The summed E-state index contributed by atoms with van der Waals surface area (Å²) in [6.45, 7) is 0.253. The summed E-state index contributed by atoms with van der Waals surface area (Å²) >= 11 is 0. The van der Waals surface area contributed by atoms with Crippen LogP contribution < -0.4 is 11.1 Å². The first-order valence-corrected chi connectivity index (χ1v) is 8.01. The van der Waals surface area contributed by atoms with Gasteiger partial charge in [0, 0.05) is 19.2 Å². The lowest BCUT2D eigenvalue weighted by molar-refractivity contribution is -0.138. The lowest BCUT2D eigenvalue weighted by Gasteiger charge is -2.05. The van der Waals surface area contributed by atoms with Crippen molar-refractivity contribution in [3.63, 3.8) is 0 Å². The number of nitrogens with zero attached hydrogens (tertiary/aromatic N) is 1. The third kappa shape index (κ3) is 10.2. The van der Waals surface area contributed by atoms with Gasteiger partial charge >= 0.3 is 18.0 Å². The summed E-state index contributed by atoms with van der Waals surface area (Å²) in [7, 11) is 0. The van der Waals surface area contributed by atoms with Gasteiger partial charge in [-0.3, -0.25) is 9.59 Å². The van der Waals surface area contributed by atoms with Crippen LogP contribution in [0.5, 0.6) is 0 Å². The van der Waals surface area contributed by atoms with Crippen LogP contribution in [0.3, 0.4) is 0 Å². The Labute approximate surface area is 155 Å². The lowest BCUT2D eigenvalue weighted by Crippen LogP contribution is -2.32. The van der Waals surface area contributed by atoms with Gasteiger partial charge < -0.3 is 31.0 Å². The second kappa shape index (κ2) is 12.0. The Bertz CT molecular complexity index is 705. The highest BCUT2D eigenvalue weighted by Crippen LogP contribution is 2.00. The average molecular weight is 378 g/mol. The number of carboxylic acids is 2. The Balaban J connectivity index is 0.000000289. The molecule has 0 spiro atoms. The number of nitrogens with two attached hydrogens (primary N) is 1. The van der Waals surface area contributed by atoms with Gasteiger partial charge in [-0.2, -0.15) is 0 Å². The SMILES string of the molecule is NC(Cc1c[nH]cn1)C(=O)O.O=C(O)CCNC(=O)OCc1ccccc1. The van der Waals surface area contributed by atoms with E-state index in [2.05, 4.69) is 15.3 Å². The van der Waals surface area contributed by atoms with Gasteiger partial charge in [0.15, 0.2) is 0 Å². The monoisotopic (exact) mass is 378 g/mol. The fraction of sp³-hybridized carbons (Fsp3) is 0.294. The van der Waals surface area contributed by atoms with E-state index in [9.17, 15) is 14.4 Å². The smallest absolute Gasteiger partial charge is 0.407 e. The molecule has 27 heavy (non-hydrogen) atoms. The molecule has 6 N–H and O–H groups in total. The van der Waals surface area contributed by atoms with Crippen LogP contribution in [0.25, 0.3) is 0 Å². The maximum absolute atomic E-state index is 11.1. The number of alkyl carbamates (subject to hydrolysis) is 1. The Kier molecular flexibility index (Phi) is 9.65. The number of benzene rings is 1. The Morgan fingerprint density at radius 3 is 2.48 bits per heavy atom. The first kappa shape index (κ1) is 21.6. The van der Waals surface area contributed by atoms with E-state index >= 15 is 0 Å². The molecule has 1 heterocycles. The van der Waals surface area contributed by atoms with Gasteiger partial charge in [0.05, 0.1) is 18.4 Å². The molecule has 0 bridgehead atoms. The number of aliphatic carboxylic acids is 2. The molecular weight excluding hydrogens is 356 g/mol. The standard InChI is InChI=1S/C11H13NO4.C6H9N3O2/c13-10(14)6-7-12-11(15)16-8-9-4-2-1-3-5-9;7-5(6(10)11)1-4-2-8-3-9-4/h1-5H,6-8H2,(H,12,15)(H,13,14);2-3,5H,1,7H2,(H,8,9)(H,10,11). The minimum absolute atomic E-state index is 0.0724. The molecule has 2 rings (SSSR count). The summed E-state index contributed by atoms with van der Waals surface area (Å²) in [5, 5.41) is 19.1. The van der Waals surface area contributed by atoms with Gasteiger partial charge in [0.1, 0.15) is 12.6 Å². The fourth-order valence-electron chi connectivity index (χ4n) is 1.76. The third-order valence-corrected chi connectivity index (χ3v) is 3.12. The molecule has 10 nitrogen and oxygen atoms in total. The quantitative estimate of drug-likeness (QED) is 0.448. The van der Waals surface area contributed by atoms with Crippen LogP contribution in [0.2, 0.25) is 0 Å². The van der Waals surface area contributed by atoms with Gasteiger partial charge in [-0.25, -0.2) is 9.78 Å². The zero-order chi connectivity index (χ0) is 20.1. The van der Waals surface area contributed by atoms with Crippen LogP contribution in [0, 0.1) is 0 Å². The molecule has 2 aromatic rings. The number of aromatic amines is 1. The molecule has 0 radical (unpaired) electrons. The number of carbonyl (C=O) groups excluding carboxylic acids is 1. The van der Waals surface area contributed by atoms with E-state index in [4.69, 9.17) is 20.7 Å². The number of amides is 1. The van der Waals surface area contributed by atoms with Crippen molar-refractivity contribution in [2.75, 3.05) is 6.54 Å². The number of imidazole rings is 1. The molecule has 0 aliphatic carbocycles. The molecule has 1 unspecified atom stereocenters. The van der Waals surface area contributed by atoms with E-state index in [1.54, 1.807) is 6.20 Å². The van der Waals surface area contributed by atoms with Gasteiger partial charge in [0.2, 0.25) is 0 Å². The summed E-state index contributed by atoms with van der Waals surface area (Å²) < 4.78 is 4.87. The number of nitrogens with one attached hydrogen (secondary N) is 2. The van der Waals surface area contributed by atoms with Crippen LogP contribution in [0.4, 0.5) is 4.79 Å². The zero-order valence-electron chi connectivity index (χ0n) is 14.5. The number of hydrogen-bond acceptors (Lipinski definition) is 6. The van der Waals surface area contributed by atoms with E-state index < -0.39 is 24.1 Å². The molecule has 1 atom stereocenters. The minimum Gasteiger partial charge on any atom is -0.481 e. The Hall–Kier alpha value is -3.40. The summed E-state index contributed by atoms with van der Waals surface area (Å²) in [4.78, 5) is 38.1. The van der Waals surface area contributed by atoms with E-state index in [-0.39, 0.29) is 26.0 Å². The van der Waals surface area contributed by atoms with E-state index in [1.165, 1.54) is 6.33 Å². The van der Waals surface area contributed by atoms with Crippen LogP contribution in [0.15, 0.2) is 42.9 Å². The molecule has 0 saturated heterocycles. The molecule has 0 fully saturated rings. The maximum Gasteiger partial charge on any atom is 0.407 e. The molecule has 1 aromatic carbocycles. The van der Waals surface area contributed by atoms with E-state index in [0.29, 0.717) is 5.69 Å². The Morgan fingerprint density at radius 1 is 1.22 bits per heavy atom. The van der Waals surface area contributed by atoms with Crippen molar-refractivity contribution < 1.29 is 29.3 Å². The van der Waals surface area contributed by atoms with Crippen molar-refractivity contribution in [2.24, 2.45) is 5.73 Å². The molecule has 0 aliphatic heterocycles. The van der Waals surface area contributed by atoms with Crippen LogP contribution in [-0.2, 0) is 27.4 Å². The Morgan fingerprint density at radius 2 is 1.93 bits per heavy atom. The highest BCUT2D eigenvalue weighted by atomic mass is 16.5. The number of hydrogen-bond donors (Lipinski definition) is 5. The lowest BCUT2D eigenvalue weighted by atomic mass is 10.2. The van der Waals surface area contributed by atoms with Crippen molar-refractivity contribution in [1.82, 2.24) is 15.3 Å². The topological polar surface area (TPSA) is 168 Å². The molecule has 1 amide bonds. The van der Waals surface area contributed by atoms with Crippen molar-refractivity contribution in [2.45, 2.75) is 25.5 Å². The summed E-state index contributed by atoms with van der Waals surface area (Å²) in [5.41, 5.74) is 6.81. The van der Waals surface area contributed by atoms with Crippen molar-refractivity contribution in [1.29, 1.82) is 0 Å². The van der Waals surface area contributed by atoms with E-state index in [1.807, 2.05) is 30.3 Å². The van der Waals surface area contributed by atoms with Gasteiger partial charge in [-0.1, -0.05) is 30.3 Å². The number of carbonyl (C=O) groups is 3. The predicted octanol–water partition coefficient (Wildman–Crippen LogP) is 0.752. The number of aromatic nitrogens is 2. The number of carboxylic acid groups (broad SMARTS) is 2. The fourth-order valence-corrected chi connectivity index (χ4v) is 1.76. The summed E-state index contributed by atoms with van der Waals surface area (Å²) in [6.07, 6.45) is 2.66. The number of ether oxygens (including phenoxy) is 1. The minimum atomic E-state index is -1.01. The first-order chi connectivity index (χ1) is 12.9. The normalized spacial score (nSPS) is 10.9. The molecule has 146 valence electrons. The maximum atomic E-state index is 11.1. The van der Waals surface area contributed by atoms with Gasteiger partial charge in [-0.15, -0.1) is 0 Å². The third-order valence-electron chi connectivity index (χ3n) is 3.12. The van der Waals surface area contributed by atoms with Gasteiger partial charge in [0.25, 0.3) is 0 Å². The highest BCUT2D eigenvalue weighted by Gasteiger charge is 2.12. The van der Waals surface area contributed by atoms with E-state index in [0.717, 1.165) is 5.56 Å². The zero-order valence-corrected chi connectivity index (χ0v) is 14.5. The van der Waals surface area contributed by atoms with Gasteiger partial charge in [-0.05, 0) is 5.56 Å². The predicted molar refractivity (Wildman–Crippen MR) is 94.8 cm³/mol. The first-order valence-electron chi connectivity index (χ1n) is 8.01. The molecule has 0 saturated carbocycles. The second-order valence-electron chi connectivity index (χ2n) is 5.34. The van der Waals surface area contributed by atoms with Crippen molar-refractivity contribution in [3.8, 4) is 0 Å². The van der Waals surface area contributed by atoms with Crippen LogP contribution >= 0.6 is 0 Å². The largest absolute Gasteiger partial charge is 0.481 e. The van der Waals surface area contributed by atoms with Crippen LogP contribution in [0.1, 0.15) is 17.7 Å².